The fourth-order valence-electron chi connectivity index (χ4n) is 5.70. The second kappa shape index (κ2) is 3.66. The van der Waals surface area contributed by atoms with Crippen LogP contribution in [0.3, 0.4) is 0 Å². The Labute approximate surface area is 127 Å². The van der Waals surface area contributed by atoms with Crippen molar-refractivity contribution in [2.24, 2.45) is 5.92 Å². The van der Waals surface area contributed by atoms with Gasteiger partial charge in [0.2, 0.25) is 0 Å². The topological polar surface area (TPSA) is 87.0 Å². The van der Waals surface area contributed by atoms with E-state index in [1.54, 1.807) is 6.07 Å². The van der Waals surface area contributed by atoms with Crippen LogP contribution in [0.5, 0.6) is 11.5 Å². The minimum absolute atomic E-state index is 0.0104. The summed E-state index contributed by atoms with van der Waals surface area (Å²) in [6.45, 7) is 0. The van der Waals surface area contributed by atoms with Crippen LogP contribution in [0.4, 0.5) is 0 Å². The summed E-state index contributed by atoms with van der Waals surface area (Å²) >= 11 is 0. The highest BCUT2D eigenvalue weighted by Gasteiger charge is 2.74. The molecule has 5 heteroatoms. The molecule has 0 aromatic heterocycles. The number of phenols is 1. The molecule has 5 atom stereocenters. The Bertz CT molecular complexity index is 713. The van der Waals surface area contributed by atoms with E-state index in [1.807, 2.05) is 6.07 Å². The summed E-state index contributed by atoms with van der Waals surface area (Å²) in [7, 11) is 0. The summed E-state index contributed by atoms with van der Waals surface area (Å²) in [6.07, 6.45) is 1.06. The molecule has 0 amide bonds. The minimum atomic E-state index is -1.34. The number of ketones is 1. The zero-order valence-corrected chi connectivity index (χ0v) is 12.1. The van der Waals surface area contributed by atoms with Crippen LogP contribution in [0, 0.1) is 5.92 Å². The van der Waals surface area contributed by atoms with Crippen LogP contribution >= 0.6 is 0 Å². The first kappa shape index (κ1) is 12.9. The zero-order valence-electron chi connectivity index (χ0n) is 12.1. The lowest BCUT2D eigenvalue weighted by molar-refractivity contribution is -0.219. The molecule has 1 heterocycles. The Hall–Kier alpha value is -1.59. The third kappa shape index (κ3) is 1.09. The van der Waals surface area contributed by atoms with E-state index in [2.05, 4.69) is 0 Å². The fraction of sp³-hybridized carbons (Fsp3) is 0.588. The van der Waals surface area contributed by atoms with E-state index in [0.717, 1.165) is 24.0 Å². The number of carbonyl (C=O) groups excluding carboxylic acids is 1. The summed E-state index contributed by atoms with van der Waals surface area (Å²) < 4.78 is 5.86. The number of ether oxygens (including phenoxy) is 1. The van der Waals surface area contributed by atoms with Crippen molar-refractivity contribution in [1.29, 1.82) is 0 Å². The van der Waals surface area contributed by atoms with Gasteiger partial charge >= 0.3 is 0 Å². The maximum atomic E-state index is 12.5. The van der Waals surface area contributed by atoms with E-state index in [-0.39, 0.29) is 23.9 Å². The first-order chi connectivity index (χ1) is 10.5. The van der Waals surface area contributed by atoms with Crippen molar-refractivity contribution in [1.82, 2.24) is 0 Å². The molecule has 2 saturated carbocycles. The van der Waals surface area contributed by atoms with Gasteiger partial charge in [-0.2, -0.15) is 0 Å². The number of aliphatic hydroxyl groups excluding tert-OH is 1. The largest absolute Gasteiger partial charge is 0.504 e. The number of carbonyl (C=O) groups is 1. The van der Waals surface area contributed by atoms with Gasteiger partial charge in [0.05, 0.1) is 11.5 Å². The molecule has 1 aromatic rings. The predicted octanol–water partition coefficient (Wildman–Crippen LogP) is 0.812. The Kier molecular flexibility index (Phi) is 2.15. The van der Waals surface area contributed by atoms with Crippen molar-refractivity contribution in [3.05, 3.63) is 23.3 Å². The van der Waals surface area contributed by atoms with Gasteiger partial charge in [0.25, 0.3) is 0 Å². The van der Waals surface area contributed by atoms with Crippen LogP contribution in [0.1, 0.15) is 36.8 Å². The molecule has 1 spiro atoms. The first-order valence-corrected chi connectivity index (χ1v) is 7.95. The SMILES string of the molecule is O=C1CC(O)[C@@]2(O)[C@@H]3CCCC24c2c(ccc(O)c2O[C@@H]14)C3. The molecule has 5 rings (SSSR count). The lowest BCUT2D eigenvalue weighted by atomic mass is 9.45. The number of aromatic hydroxyl groups is 1. The Morgan fingerprint density at radius 1 is 1.27 bits per heavy atom. The second-order valence-electron chi connectivity index (χ2n) is 7.22. The Morgan fingerprint density at radius 3 is 2.91 bits per heavy atom. The summed E-state index contributed by atoms with van der Waals surface area (Å²) in [5, 5.41) is 32.3. The van der Waals surface area contributed by atoms with Crippen LogP contribution in [0.2, 0.25) is 0 Å². The Morgan fingerprint density at radius 2 is 2.09 bits per heavy atom. The molecular weight excluding hydrogens is 284 g/mol. The van der Waals surface area contributed by atoms with Gasteiger partial charge in [-0.1, -0.05) is 12.5 Å². The van der Waals surface area contributed by atoms with Gasteiger partial charge in [0, 0.05) is 12.0 Å². The highest BCUT2D eigenvalue weighted by Crippen LogP contribution is 2.66. The van der Waals surface area contributed by atoms with Gasteiger partial charge < -0.3 is 20.1 Å². The summed E-state index contributed by atoms with van der Waals surface area (Å²) in [5.41, 5.74) is -0.433. The maximum Gasteiger partial charge on any atom is 0.177 e. The van der Waals surface area contributed by atoms with Crippen LogP contribution in [-0.2, 0) is 16.6 Å². The van der Waals surface area contributed by atoms with E-state index in [0.29, 0.717) is 18.6 Å². The quantitative estimate of drug-likeness (QED) is 0.660. The molecular formula is C17H18O5. The van der Waals surface area contributed by atoms with Crippen molar-refractivity contribution < 1.29 is 24.9 Å². The van der Waals surface area contributed by atoms with Crippen molar-refractivity contribution in [3.63, 3.8) is 0 Å². The highest BCUT2D eigenvalue weighted by atomic mass is 16.5. The molecule has 0 saturated heterocycles. The molecule has 2 unspecified atom stereocenters. The van der Waals surface area contributed by atoms with Gasteiger partial charge in [-0.15, -0.1) is 0 Å². The Balaban J connectivity index is 1.90. The van der Waals surface area contributed by atoms with Gasteiger partial charge in [0.1, 0.15) is 5.60 Å². The van der Waals surface area contributed by atoms with Gasteiger partial charge in [-0.3, -0.25) is 4.79 Å². The maximum absolute atomic E-state index is 12.5. The monoisotopic (exact) mass is 302 g/mol. The van der Waals surface area contributed by atoms with Crippen LogP contribution < -0.4 is 4.74 Å². The third-order valence-electron chi connectivity index (χ3n) is 6.47. The molecule has 2 bridgehead atoms. The van der Waals surface area contributed by atoms with Crippen molar-refractivity contribution in [3.8, 4) is 11.5 Å². The number of benzene rings is 1. The smallest absolute Gasteiger partial charge is 0.177 e. The second-order valence-corrected chi connectivity index (χ2v) is 7.22. The molecule has 3 aliphatic carbocycles. The van der Waals surface area contributed by atoms with Crippen LogP contribution in [0.25, 0.3) is 0 Å². The van der Waals surface area contributed by atoms with Crippen molar-refractivity contribution >= 4 is 5.78 Å². The number of phenolic OH excluding ortho intramolecular Hbond substituents is 1. The van der Waals surface area contributed by atoms with Crippen LogP contribution in [-0.4, -0.2) is 38.9 Å². The van der Waals surface area contributed by atoms with Crippen molar-refractivity contribution in [2.75, 3.05) is 0 Å². The number of aliphatic hydroxyl groups is 2. The van der Waals surface area contributed by atoms with Crippen LogP contribution in [0.15, 0.2) is 12.1 Å². The lowest BCUT2D eigenvalue weighted by Crippen LogP contribution is -2.75. The first-order valence-electron chi connectivity index (χ1n) is 7.95. The minimum Gasteiger partial charge on any atom is -0.504 e. The van der Waals surface area contributed by atoms with Crippen molar-refractivity contribution in [2.45, 2.75) is 55.3 Å². The molecule has 2 fully saturated rings. The van der Waals surface area contributed by atoms with Gasteiger partial charge in [0.15, 0.2) is 23.4 Å². The average Bonchev–Trinajstić information content (AvgIpc) is 2.81. The molecule has 1 aliphatic heterocycles. The zero-order chi connectivity index (χ0) is 15.3. The molecule has 4 aliphatic rings. The average molecular weight is 302 g/mol. The molecule has 1 aromatic carbocycles. The summed E-state index contributed by atoms with van der Waals surface area (Å²) in [4.78, 5) is 12.5. The normalized spacial score (nSPS) is 44.5. The molecule has 3 N–H and O–H groups in total. The summed E-state index contributed by atoms with van der Waals surface area (Å²) in [6, 6.07) is 3.47. The van der Waals surface area contributed by atoms with E-state index < -0.39 is 23.2 Å². The van der Waals surface area contributed by atoms with Gasteiger partial charge in [-0.25, -0.2) is 0 Å². The van der Waals surface area contributed by atoms with E-state index in [1.165, 1.54) is 0 Å². The lowest BCUT2D eigenvalue weighted by Gasteiger charge is -2.61. The number of hydrogen-bond acceptors (Lipinski definition) is 5. The standard InChI is InChI=1S/C17H18O5/c18-10-4-3-8-6-9-2-1-5-16-13(8)14(10)22-15(16)11(19)7-12(20)17(9,16)21/h3-4,9,12,15,18,20-21H,1-2,5-7H2/t9-,12?,15+,16?,17+/m1/s1. The van der Waals surface area contributed by atoms with E-state index in [9.17, 15) is 20.1 Å². The number of rotatable bonds is 0. The fourth-order valence-corrected chi connectivity index (χ4v) is 5.70. The molecule has 22 heavy (non-hydrogen) atoms. The highest BCUT2D eigenvalue weighted by molar-refractivity contribution is 5.90. The molecule has 0 radical (unpaired) electrons. The number of Topliss-reactive ketones (excluding diaryl/α,β-unsaturated/α-hetero) is 1. The van der Waals surface area contributed by atoms with Gasteiger partial charge in [-0.05, 0) is 36.8 Å². The molecule has 116 valence electrons. The third-order valence-corrected chi connectivity index (χ3v) is 6.47. The van der Waals surface area contributed by atoms with E-state index in [4.69, 9.17) is 4.74 Å². The predicted molar refractivity (Wildman–Crippen MR) is 75.8 cm³/mol. The summed E-state index contributed by atoms with van der Waals surface area (Å²) in [5.74, 6) is 0.0969. The van der Waals surface area contributed by atoms with E-state index >= 15 is 0 Å². The number of hydrogen-bond donors (Lipinski definition) is 3. The molecule has 5 nitrogen and oxygen atoms in total.